The van der Waals surface area contributed by atoms with Crippen molar-refractivity contribution in [2.75, 3.05) is 5.32 Å². The first-order chi connectivity index (χ1) is 9.85. The van der Waals surface area contributed by atoms with Gasteiger partial charge in [0.05, 0.1) is 5.69 Å². The van der Waals surface area contributed by atoms with Gasteiger partial charge in [0, 0.05) is 16.0 Å². The van der Waals surface area contributed by atoms with Gasteiger partial charge in [-0.3, -0.25) is 0 Å². The van der Waals surface area contributed by atoms with Gasteiger partial charge in [-0.2, -0.15) is 0 Å². The number of para-hydroxylation sites is 2. The van der Waals surface area contributed by atoms with E-state index in [1.807, 2.05) is 0 Å². The molecule has 0 aromatic heterocycles. The summed E-state index contributed by atoms with van der Waals surface area (Å²) in [4.78, 5) is 0. The maximum atomic E-state index is 12.3. The van der Waals surface area contributed by atoms with Gasteiger partial charge in [0.25, 0.3) is 0 Å². The van der Waals surface area contributed by atoms with E-state index in [1.54, 1.807) is 24.3 Å². The van der Waals surface area contributed by atoms with Crippen molar-refractivity contribution >= 4 is 33.2 Å². The zero-order chi connectivity index (χ0) is 15.5. The van der Waals surface area contributed by atoms with E-state index in [-0.39, 0.29) is 18.0 Å². The highest BCUT2D eigenvalue weighted by atomic mass is 79.9. The molecular formula is C14H10BrClF3NO. The van der Waals surface area contributed by atoms with Crippen molar-refractivity contribution < 1.29 is 17.9 Å². The first kappa shape index (κ1) is 16.0. The van der Waals surface area contributed by atoms with E-state index in [4.69, 9.17) is 11.6 Å². The number of rotatable bonds is 4. The summed E-state index contributed by atoms with van der Waals surface area (Å²) in [6, 6.07) is 11.2. The van der Waals surface area contributed by atoms with Crippen molar-refractivity contribution in [2.45, 2.75) is 12.9 Å². The van der Waals surface area contributed by atoms with Gasteiger partial charge in [-0.05, 0) is 29.8 Å². The number of halogens is 5. The number of hydrogen-bond acceptors (Lipinski definition) is 2. The van der Waals surface area contributed by atoms with E-state index in [1.165, 1.54) is 18.2 Å². The molecule has 2 rings (SSSR count). The Morgan fingerprint density at radius 3 is 2.52 bits per heavy atom. The summed E-state index contributed by atoms with van der Waals surface area (Å²) < 4.78 is 41.7. The number of hydrogen-bond donors (Lipinski definition) is 1. The molecule has 0 aliphatic carbocycles. The van der Waals surface area contributed by atoms with Crippen LogP contribution in [0.5, 0.6) is 5.75 Å². The molecule has 0 bridgehead atoms. The third-order valence-electron chi connectivity index (χ3n) is 2.60. The summed E-state index contributed by atoms with van der Waals surface area (Å²) in [7, 11) is 0. The van der Waals surface area contributed by atoms with Gasteiger partial charge in [-0.15, -0.1) is 13.2 Å². The second-order valence-electron chi connectivity index (χ2n) is 4.13. The first-order valence-corrected chi connectivity index (χ1v) is 7.05. The van der Waals surface area contributed by atoms with Crippen molar-refractivity contribution in [3.8, 4) is 5.75 Å². The van der Waals surface area contributed by atoms with Gasteiger partial charge in [0.1, 0.15) is 0 Å². The lowest BCUT2D eigenvalue weighted by atomic mass is 10.2. The van der Waals surface area contributed by atoms with Crippen LogP contribution in [0.4, 0.5) is 18.9 Å². The van der Waals surface area contributed by atoms with Crippen molar-refractivity contribution in [1.82, 2.24) is 0 Å². The van der Waals surface area contributed by atoms with Crippen LogP contribution in [0.2, 0.25) is 5.02 Å². The molecule has 112 valence electrons. The van der Waals surface area contributed by atoms with Gasteiger partial charge in [-0.25, -0.2) is 0 Å². The lowest BCUT2D eigenvalue weighted by molar-refractivity contribution is -0.274. The van der Waals surface area contributed by atoms with Gasteiger partial charge in [0.2, 0.25) is 0 Å². The Morgan fingerprint density at radius 2 is 1.86 bits per heavy atom. The van der Waals surface area contributed by atoms with E-state index in [2.05, 4.69) is 26.0 Å². The lowest BCUT2D eigenvalue weighted by Gasteiger charge is -2.15. The second kappa shape index (κ2) is 6.58. The summed E-state index contributed by atoms with van der Waals surface area (Å²) in [5, 5.41) is 3.41. The highest BCUT2D eigenvalue weighted by molar-refractivity contribution is 9.10. The molecule has 2 nitrogen and oxygen atoms in total. The minimum atomic E-state index is -4.73. The standard InChI is InChI=1S/C14H10BrClF3NO/c15-10-6-5-9(11(16)7-10)8-20-12-3-1-2-4-13(12)21-14(17,18)19/h1-7,20H,8H2. The monoisotopic (exact) mass is 379 g/mol. The van der Waals surface area contributed by atoms with E-state index in [9.17, 15) is 13.2 Å². The lowest BCUT2D eigenvalue weighted by Crippen LogP contribution is -2.18. The van der Waals surface area contributed by atoms with Crippen LogP contribution in [0.3, 0.4) is 0 Å². The van der Waals surface area contributed by atoms with E-state index >= 15 is 0 Å². The van der Waals surface area contributed by atoms with E-state index in [0.717, 1.165) is 10.0 Å². The molecule has 0 radical (unpaired) electrons. The smallest absolute Gasteiger partial charge is 0.404 e. The highest BCUT2D eigenvalue weighted by Crippen LogP contribution is 2.31. The maximum absolute atomic E-state index is 12.3. The van der Waals surface area contributed by atoms with Gasteiger partial charge < -0.3 is 10.1 Å². The molecule has 2 aromatic rings. The van der Waals surface area contributed by atoms with Crippen LogP contribution in [0.1, 0.15) is 5.56 Å². The minimum Gasteiger partial charge on any atom is -0.404 e. The van der Waals surface area contributed by atoms with Crippen LogP contribution in [-0.4, -0.2) is 6.36 Å². The minimum absolute atomic E-state index is 0.244. The molecule has 2 aromatic carbocycles. The predicted molar refractivity (Wildman–Crippen MR) is 79.6 cm³/mol. The maximum Gasteiger partial charge on any atom is 0.573 e. The van der Waals surface area contributed by atoms with Crippen LogP contribution in [0.15, 0.2) is 46.9 Å². The molecule has 0 fully saturated rings. The number of benzene rings is 2. The quantitative estimate of drug-likeness (QED) is 0.744. The Labute approximate surface area is 133 Å². The van der Waals surface area contributed by atoms with Gasteiger partial charge in [0.15, 0.2) is 5.75 Å². The molecule has 0 spiro atoms. The molecule has 1 N–H and O–H groups in total. The number of nitrogens with one attached hydrogen (secondary N) is 1. The summed E-state index contributed by atoms with van der Waals surface area (Å²) in [5.74, 6) is -0.279. The van der Waals surface area contributed by atoms with Crippen LogP contribution in [-0.2, 0) is 6.54 Å². The number of ether oxygens (including phenoxy) is 1. The Hall–Kier alpha value is -1.40. The molecule has 0 atom stereocenters. The van der Waals surface area contributed by atoms with E-state index in [0.29, 0.717) is 5.02 Å². The zero-order valence-corrected chi connectivity index (χ0v) is 12.9. The molecule has 0 aliphatic rings. The van der Waals surface area contributed by atoms with Crippen molar-refractivity contribution in [2.24, 2.45) is 0 Å². The summed E-state index contributed by atoms with van der Waals surface area (Å²) >= 11 is 9.35. The van der Waals surface area contributed by atoms with Gasteiger partial charge >= 0.3 is 6.36 Å². The summed E-state index contributed by atoms with van der Waals surface area (Å²) in [5.41, 5.74) is 1.01. The molecule has 0 unspecified atom stereocenters. The topological polar surface area (TPSA) is 21.3 Å². The van der Waals surface area contributed by atoms with Crippen LogP contribution in [0.25, 0.3) is 0 Å². The predicted octanol–water partition coefficient (Wildman–Crippen LogP) is 5.61. The SMILES string of the molecule is FC(F)(F)Oc1ccccc1NCc1ccc(Br)cc1Cl. The van der Waals surface area contributed by atoms with Crippen LogP contribution >= 0.6 is 27.5 Å². The van der Waals surface area contributed by atoms with Crippen molar-refractivity contribution in [3.05, 3.63) is 57.5 Å². The molecule has 21 heavy (non-hydrogen) atoms. The Morgan fingerprint density at radius 1 is 1.14 bits per heavy atom. The molecule has 0 aliphatic heterocycles. The van der Waals surface area contributed by atoms with Crippen molar-refractivity contribution in [3.63, 3.8) is 0 Å². The first-order valence-electron chi connectivity index (χ1n) is 5.88. The fourth-order valence-corrected chi connectivity index (χ4v) is 2.42. The third-order valence-corrected chi connectivity index (χ3v) is 3.44. The van der Waals surface area contributed by atoms with Crippen molar-refractivity contribution in [1.29, 1.82) is 0 Å². The number of anilines is 1. The Balaban J connectivity index is 2.13. The second-order valence-corrected chi connectivity index (χ2v) is 5.46. The Bertz CT molecular complexity index is 634. The fourth-order valence-electron chi connectivity index (χ4n) is 1.68. The Kier molecular flexibility index (Phi) is 5.00. The van der Waals surface area contributed by atoms with E-state index < -0.39 is 6.36 Å². The third kappa shape index (κ3) is 4.82. The molecule has 0 heterocycles. The van der Waals surface area contributed by atoms with Crippen LogP contribution < -0.4 is 10.1 Å². The summed E-state index contributed by atoms with van der Waals surface area (Å²) in [6.07, 6.45) is -4.73. The van der Waals surface area contributed by atoms with Gasteiger partial charge in [-0.1, -0.05) is 45.7 Å². The normalized spacial score (nSPS) is 11.3. The molecule has 7 heteroatoms. The average Bonchev–Trinajstić information content (AvgIpc) is 2.37. The molecule has 0 saturated carbocycles. The summed E-state index contributed by atoms with van der Waals surface area (Å²) in [6.45, 7) is 0.282. The average molecular weight is 381 g/mol. The van der Waals surface area contributed by atoms with Crippen LogP contribution in [0, 0.1) is 0 Å². The molecule has 0 amide bonds. The molecule has 0 saturated heterocycles. The highest BCUT2D eigenvalue weighted by Gasteiger charge is 2.32. The number of alkyl halides is 3. The fraction of sp³-hybridized carbons (Fsp3) is 0.143. The zero-order valence-electron chi connectivity index (χ0n) is 10.5. The largest absolute Gasteiger partial charge is 0.573 e. The molecular weight excluding hydrogens is 371 g/mol.